The average molecular weight is 300 g/mol. The zero-order valence-electron chi connectivity index (χ0n) is 10.2. The van der Waals surface area contributed by atoms with Gasteiger partial charge < -0.3 is 15.7 Å². The second-order valence-electron chi connectivity index (χ2n) is 4.41. The monoisotopic (exact) mass is 300 g/mol. The first kappa shape index (κ1) is 16.1. The van der Waals surface area contributed by atoms with Crippen LogP contribution in [0.2, 0.25) is 0 Å². The Morgan fingerprint density at radius 1 is 1.47 bits per heavy atom. The molecule has 1 rings (SSSR count). The maximum Gasteiger partial charge on any atom is 0.422 e. The molecular formula is C10H15F3N2O3S. The first-order valence-electron chi connectivity index (χ1n) is 5.59. The molecular weight excluding hydrogens is 285 g/mol. The van der Waals surface area contributed by atoms with Gasteiger partial charge in [0.2, 0.25) is 11.4 Å². The summed E-state index contributed by atoms with van der Waals surface area (Å²) in [5.74, 6) is -1.56. The minimum atomic E-state index is -5.05. The molecule has 0 aromatic carbocycles. The lowest BCUT2D eigenvalue weighted by Gasteiger charge is -2.30. The lowest BCUT2D eigenvalue weighted by atomic mass is 10.0. The summed E-state index contributed by atoms with van der Waals surface area (Å²) in [6, 6.07) is -0.231. The molecule has 0 aromatic heterocycles. The maximum absolute atomic E-state index is 12.7. The fourth-order valence-electron chi connectivity index (χ4n) is 1.55. The molecule has 0 aromatic rings. The van der Waals surface area contributed by atoms with E-state index in [9.17, 15) is 22.8 Å². The Balaban J connectivity index is 2.64. The smallest absolute Gasteiger partial charge is 0.422 e. The number of carbonyl (C=O) groups is 2. The summed E-state index contributed by atoms with van der Waals surface area (Å²) in [6.45, 7) is 1.12. The summed E-state index contributed by atoms with van der Waals surface area (Å²) in [7, 11) is 0. The van der Waals surface area contributed by atoms with Gasteiger partial charge in [0.15, 0.2) is 0 Å². The van der Waals surface area contributed by atoms with Crippen LogP contribution in [0, 0.1) is 0 Å². The highest BCUT2D eigenvalue weighted by Gasteiger charge is 2.58. The van der Waals surface area contributed by atoms with E-state index >= 15 is 0 Å². The number of nitrogens with one attached hydrogen (secondary N) is 2. The first-order valence-corrected chi connectivity index (χ1v) is 6.74. The van der Waals surface area contributed by atoms with Crippen LogP contribution in [0.3, 0.4) is 0 Å². The van der Waals surface area contributed by atoms with E-state index in [-0.39, 0.29) is 12.5 Å². The fraction of sp³-hybridized carbons (Fsp3) is 0.800. The van der Waals surface area contributed by atoms with Gasteiger partial charge in [-0.2, -0.15) is 24.9 Å². The van der Waals surface area contributed by atoms with Crippen molar-refractivity contribution in [3.63, 3.8) is 0 Å². The second-order valence-corrected chi connectivity index (χ2v) is 5.56. The van der Waals surface area contributed by atoms with Crippen LogP contribution in [-0.4, -0.2) is 52.8 Å². The number of carboxylic acid groups (broad SMARTS) is 1. The second kappa shape index (κ2) is 6.00. The molecule has 1 saturated heterocycles. The van der Waals surface area contributed by atoms with Crippen LogP contribution < -0.4 is 10.6 Å². The van der Waals surface area contributed by atoms with Crippen LogP contribution >= 0.6 is 11.8 Å². The molecule has 0 saturated carbocycles. The minimum Gasteiger partial charge on any atom is -0.479 e. The number of hydrogen-bond donors (Lipinski definition) is 3. The van der Waals surface area contributed by atoms with Crippen LogP contribution in [0.15, 0.2) is 0 Å². The Labute approximate surface area is 112 Å². The number of thioether (sulfide) groups is 1. The van der Waals surface area contributed by atoms with Gasteiger partial charge in [-0.3, -0.25) is 4.79 Å². The van der Waals surface area contributed by atoms with Crippen LogP contribution in [0.1, 0.15) is 13.3 Å². The van der Waals surface area contributed by atoms with Crippen LogP contribution in [0.4, 0.5) is 13.2 Å². The normalized spacial score (nSPS) is 23.5. The SMILES string of the molecule is CC(NC(=O)CC1CSCCN1)(C(=O)O)C(F)(F)F. The van der Waals surface area contributed by atoms with Crippen LogP contribution in [0.5, 0.6) is 0 Å². The predicted octanol–water partition coefficient (Wildman–Crippen LogP) is 0.603. The van der Waals surface area contributed by atoms with E-state index in [2.05, 4.69) is 5.32 Å². The van der Waals surface area contributed by atoms with E-state index in [0.717, 1.165) is 5.75 Å². The van der Waals surface area contributed by atoms with E-state index in [0.29, 0.717) is 19.2 Å². The highest BCUT2D eigenvalue weighted by Crippen LogP contribution is 2.30. The van der Waals surface area contributed by atoms with Gasteiger partial charge >= 0.3 is 12.1 Å². The van der Waals surface area contributed by atoms with Crippen molar-refractivity contribution in [3.8, 4) is 0 Å². The number of rotatable bonds is 4. The topological polar surface area (TPSA) is 78.4 Å². The molecule has 2 unspecified atom stereocenters. The number of halogens is 3. The van der Waals surface area contributed by atoms with Gasteiger partial charge in [-0.05, 0) is 6.92 Å². The molecule has 1 amide bonds. The van der Waals surface area contributed by atoms with E-state index < -0.39 is 23.6 Å². The summed E-state index contributed by atoms with van der Waals surface area (Å²) in [6.07, 6.45) is -5.23. The number of aliphatic carboxylic acids is 1. The van der Waals surface area contributed by atoms with Crippen molar-refractivity contribution in [2.45, 2.75) is 31.1 Å². The third-order valence-corrected chi connectivity index (χ3v) is 3.95. The highest BCUT2D eigenvalue weighted by molar-refractivity contribution is 7.99. The first-order chi connectivity index (χ1) is 8.67. The Bertz CT molecular complexity index is 358. The third kappa shape index (κ3) is 4.00. The largest absolute Gasteiger partial charge is 0.479 e. The molecule has 5 nitrogen and oxygen atoms in total. The molecule has 0 aliphatic carbocycles. The van der Waals surface area contributed by atoms with E-state index in [1.54, 1.807) is 17.1 Å². The number of carbonyl (C=O) groups excluding carboxylic acids is 1. The zero-order chi connectivity index (χ0) is 14.7. The highest BCUT2D eigenvalue weighted by atomic mass is 32.2. The van der Waals surface area contributed by atoms with E-state index in [1.807, 2.05) is 0 Å². The van der Waals surface area contributed by atoms with Crippen molar-refractivity contribution < 1.29 is 27.9 Å². The maximum atomic E-state index is 12.7. The average Bonchev–Trinajstić information content (AvgIpc) is 2.28. The standard InChI is InChI=1S/C10H15F3N2O3S/c1-9(8(17)18,10(11,12)13)15-7(16)4-6-5-19-3-2-14-6/h6,14H,2-5H2,1H3,(H,15,16)(H,17,18). The number of amides is 1. The van der Waals surface area contributed by atoms with Gasteiger partial charge in [0.1, 0.15) is 0 Å². The molecule has 9 heteroatoms. The summed E-state index contributed by atoms with van der Waals surface area (Å²) in [5, 5.41) is 13.2. The molecule has 2 atom stereocenters. The van der Waals surface area contributed by atoms with Crippen molar-refractivity contribution >= 4 is 23.6 Å². The van der Waals surface area contributed by atoms with E-state index in [1.165, 1.54) is 0 Å². The van der Waals surface area contributed by atoms with Crippen molar-refractivity contribution in [1.82, 2.24) is 10.6 Å². The number of carboxylic acids is 1. The Morgan fingerprint density at radius 3 is 2.53 bits per heavy atom. The number of hydrogen-bond acceptors (Lipinski definition) is 4. The Morgan fingerprint density at radius 2 is 2.11 bits per heavy atom. The molecule has 1 aliphatic heterocycles. The van der Waals surface area contributed by atoms with Crippen LogP contribution in [-0.2, 0) is 9.59 Å². The van der Waals surface area contributed by atoms with Gasteiger partial charge in [0, 0.05) is 30.5 Å². The molecule has 0 radical (unpaired) electrons. The molecule has 1 heterocycles. The van der Waals surface area contributed by atoms with Crippen molar-refractivity contribution in [1.29, 1.82) is 0 Å². The lowest BCUT2D eigenvalue weighted by Crippen LogP contribution is -2.62. The fourth-order valence-corrected chi connectivity index (χ4v) is 2.50. The molecule has 1 aliphatic rings. The van der Waals surface area contributed by atoms with Gasteiger partial charge in [0.05, 0.1) is 0 Å². The molecule has 0 spiro atoms. The Kier molecular flexibility index (Phi) is 5.08. The summed E-state index contributed by atoms with van der Waals surface area (Å²) in [4.78, 5) is 22.3. The van der Waals surface area contributed by atoms with Crippen molar-refractivity contribution in [3.05, 3.63) is 0 Å². The quantitative estimate of drug-likeness (QED) is 0.709. The lowest BCUT2D eigenvalue weighted by molar-refractivity contribution is -0.207. The van der Waals surface area contributed by atoms with Gasteiger partial charge in [-0.1, -0.05) is 0 Å². The minimum absolute atomic E-state index is 0.175. The zero-order valence-corrected chi connectivity index (χ0v) is 11.0. The molecule has 0 bridgehead atoms. The third-order valence-electron chi connectivity index (χ3n) is 2.81. The summed E-state index contributed by atoms with van der Waals surface area (Å²) in [5.41, 5.74) is -3.26. The predicted molar refractivity (Wildman–Crippen MR) is 64.0 cm³/mol. The molecule has 1 fully saturated rings. The van der Waals surface area contributed by atoms with Gasteiger partial charge in [-0.15, -0.1) is 0 Å². The molecule has 110 valence electrons. The van der Waals surface area contributed by atoms with Crippen LogP contribution in [0.25, 0.3) is 0 Å². The van der Waals surface area contributed by atoms with Crippen molar-refractivity contribution in [2.24, 2.45) is 0 Å². The van der Waals surface area contributed by atoms with E-state index in [4.69, 9.17) is 5.11 Å². The summed E-state index contributed by atoms with van der Waals surface area (Å²) < 4.78 is 38.0. The molecule has 19 heavy (non-hydrogen) atoms. The Hall–Kier alpha value is -0.960. The van der Waals surface area contributed by atoms with Crippen molar-refractivity contribution in [2.75, 3.05) is 18.1 Å². The van der Waals surface area contributed by atoms with Gasteiger partial charge in [0.25, 0.3) is 0 Å². The number of alkyl halides is 3. The molecule has 3 N–H and O–H groups in total. The van der Waals surface area contributed by atoms with Gasteiger partial charge in [-0.25, -0.2) is 4.79 Å². The summed E-state index contributed by atoms with van der Waals surface area (Å²) >= 11 is 1.59.